The van der Waals surface area contributed by atoms with Gasteiger partial charge in [-0.15, -0.1) is 0 Å². The Morgan fingerprint density at radius 3 is 2.42 bits per heavy atom. The van der Waals surface area contributed by atoms with Gasteiger partial charge in [-0.3, -0.25) is 24.1 Å². The molecular formula is C30H31FN4O4S. The van der Waals surface area contributed by atoms with E-state index in [4.69, 9.17) is 0 Å². The van der Waals surface area contributed by atoms with Gasteiger partial charge in [-0.2, -0.15) is 0 Å². The lowest BCUT2D eigenvalue weighted by Gasteiger charge is -2.21. The number of carbonyl (C=O) groups excluding carboxylic acids is 4. The van der Waals surface area contributed by atoms with E-state index in [0.717, 1.165) is 83.9 Å². The number of fused-ring (bicyclic) bond motifs is 1. The van der Waals surface area contributed by atoms with Gasteiger partial charge in [-0.05, 0) is 66.9 Å². The number of nitrogens with zero attached hydrogens (tertiary/aromatic N) is 3. The van der Waals surface area contributed by atoms with Gasteiger partial charge >= 0.3 is 0 Å². The van der Waals surface area contributed by atoms with Crippen molar-refractivity contribution in [3.05, 3.63) is 70.5 Å². The van der Waals surface area contributed by atoms with E-state index in [1.165, 1.54) is 24.3 Å². The number of hydrogen-bond acceptors (Lipinski definition) is 5. The van der Waals surface area contributed by atoms with Crippen molar-refractivity contribution in [2.24, 2.45) is 0 Å². The standard InChI is InChI=1S/C30H31FN4O4S/c1-2-20-8-7-9-24-21(17-34(28(20)24)19-27(37)33-14-5-3-4-6-15-33)16-25-29(38)35(30(39)40-25)18-26(36)32-23-12-10-22(31)11-13-23/h7-13,16-17H,2-6,14-15,18-19H2,1H3,(H,32,36)/b25-16-. The number of aromatic nitrogens is 1. The fraction of sp³-hybridized carbons (Fsp3) is 0.333. The highest BCUT2D eigenvalue weighted by Crippen LogP contribution is 2.35. The molecule has 0 radical (unpaired) electrons. The van der Waals surface area contributed by atoms with Crippen LogP contribution in [0.5, 0.6) is 0 Å². The van der Waals surface area contributed by atoms with Crippen molar-refractivity contribution >= 4 is 57.4 Å². The Morgan fingerprint density at radius 1 is 1.00 bits per heavy atom. The lowest BCUT2D eigenvalue weighted by molar-refractivity contribution is -0.131. The van der Waals surface area contributed by atoms with Gasteiger partial charge in [0, 0.05) is 35.9 Å². The number of benzene rings is 2. The molecule has 2 aliphatic rings. The molecule has 4 amide bonds. The van der Waals surface area contributed by atoms with Crippen molar-refractivity contribution in [1.29, 1.82) is 0 Å². The van der Waals surface area contributed by atoms with Crippen molar-refractivity contribution in [2.45, 2.75) is 45.6 Å². The van der Waals surface area contributed by atoms with Crippen LogP contribution < -0.4 is 5.32 Å². The first-order chi connectivity index (χ1) is 19.3. The minimum atomic E-state index is -0.564. The molecule has 0 bridgehead atoms. The second-order valence-electron chi connectivity index (χ2n) is 10.00. The Kier molecular flexibility index (Phi) is 8.35. The molecule has 5 rings (SSSR count). The average Bonchev–Trinajstić information content (AvgIpc) is 3.25. The van der Waals surface area contributed by atoms with E-state index in [2.05, 4.69) is 12.2 Å². The third-order valence-corrected chi connectivity index (χ3v) is 8.16. The first-order valence-electron chi connectivity index (χ1n) is 13.5. The Morgan fingerprint density at radius 2 is 1.73 bits per heavy atom. The van der Waals surface area contributed by atoms with Crippen LogP contribution in [-0.2, 0) is 27.3 Å². The summed E-state index contributed by atoms with van der Waals surface area (Å²) in [5.41, 5.74) is 3.13. The SMILES string of the molecule is CCc1cccc2c(/C=C3\SC(=O)N(CC(=O)Nc4ccc(F)cc4)C3=O)cn(CC(=O)N3CCCCCC3)c12. The van der Waals surface area contributed by atoms with Crippen molar-refractivity contribution in [3.8, 4) is 0 Å². The number of hydrogen-bond donors (Lipinski definition) is 1. The van der Waals surface area contributed by atoms with Gasteiger partial charge in [-0.25, -0.2) is 4.39 Å². The molecule has 1 N–H and O–H groups in total. The lowest BCUT2D eigenvalue weighted by atomic mass is 10.1. The molecule has 3 heterocycles. The van der Waals surface area contributed by atoms with Crippen molar-refractivity contribution in [3.63, 3.8) is 0 Å². The zero-order valence-corrected chi connectivity index (χ0v) is 23.1. The number of aryl methyl sites for hydroxylation is 1. The van der Waals surface area contributed by atoms with E-state index in [-0.39, 0.29) is 17.4 Å². The number of carbonyl (C=O) groups is 4. The second-order valence-corrected chi connectivity index (χ2v) is 11.0. The predicted molar refractivity (Wildman–Crippen MR) is 154 cm³/mol. The van der Waals surface area contributed by atoms with E-state index >= 15 is 0 Å². The number of halogens is 1. The van der Waals surface area contributed by atoms with Gasteiger partial charge in [-0.1, -0.05) is 38.0 Å². The molecule has 2 aromatic carbocycles. The minimum Gasteiger partial charge on any atom is -0.341 e. The summed E-state index contributed by atoms with van der Waals surface area (Å²) in [4.78, 5) is 54.6. The minimum absolute atomic E-state index is 0.0729. The van der Waals surface area contributed by atoms with Crippen LogP contribution in [0.25, 0.3) is 17.0 Å². The number of nitrogens with one attached hydrogen (secondary N) is 1. The van der Waals surface area contributed by atoms with Gasteiger partial charge in [0.1, 0.15) is 18.9 Å². The van der Waals surface area contributed by atoms with E-state index in [9.17, 15) is 23.6 Å². The summed E-state index contributed by atoms with van der Waals surface area (Å²) in [7, 11) is 0. The van der Waals surface area contributed by atoms with Gasteiger partial charge in [0.15, 0.2) is 0 Å². The molecule has 0 unspecified atom stereocenters. The molecule has 0 spiro atoms. The molecule has 208 valence electrons. The van der Waals surface area contributed by atoms with Crippen LogP contribution in [0.1, 0.15) is 43.7 Å². The molecule has 1 aromatic heterocycles. The van der Waals surface area contributed by atoms with E-state index in [0.29, 0.717) is 5.69 Å². The van der Waals surface area contributed by atoms with Gasteiger partial charge in [0.2, 0.25) is 11.8 Å². The van der Waals surface area contributed by atoms with Crippen molar-refractivity contribution in [1.82, 2.24) is 14.4 Å². The molecule has 0 atom stereocenters. The topological polar surface area (TPSA) is 91.7 Å². The molecular weight excluding hydrogens is 531 g/mol. The number of amides is 4. The second kappa shape index (κ2) is 12.1. The summed E-state index contributed by atoms with van der Waals surface area (Å²) in [6, 6.07) is 11.2. The van der Waals surface area contributed by atoms with Gasteiger partial charge < -0.3 is 14.8 Å². The number of rotatable bonds is 7. The third kappa shape index (κ3) is 5.96. The quantitative estimate of drug-likeness (QED) is 0.388. The largest absolute Gasteiger partial charge is 0.341 e. The summed E-state index contributed by atoms with van der Waals surface area (Å²) in [6.07, 6.45) is 8.63. The Hall–Kier alpha value is -3.92. The number of anilines is 1. The molecule has 10 heteroatoms. The van der Waals surface area contributed by atoms with Crippen LogP contribution in [-0.4, -0.2) is 57.0 Å². The number of thioether (sulfide) groups is 1. The maximum absolute atomic E-state index is 13.2. The normalized spacial score (nSPS) is 17.1. The van der Waals surface area contributed by atoms with Crippen LogP contribution in [0.2, 0.25) is 0 Å². The highest BCUT2D eigenvalue weighted by Gasteiger charge is 2.36. The Labute approximate surface area is 236 Å². The summed E-state index contributed by atoms with van der Waals surface area (Å²) < 4.78 is 15.1. The molecule has 3 aromatic rings. The van der Waals surface area contributed by atoms with Crippen molar-refractivity contribution in [2.75, 3.05) is 25.0 Å². The molecule has 0 aliphatic carbocycles. The monoisotopic (exact) mass is 562 g/mol. The van der Waals surface area contributed by atoms with Crippen LogP contribution in [0.15, 0.2) is 53.6 Å². The predicted octanol–water partition coefficient (Wildman–Crippen LogP) is 5.42. The molecule has 2 saturated heterocycles. The highest BCUT2D eigenvalue weighted by atomic mass is 32.2. The van der Waals surface area contributed by atoms with E-state index < -0.39 is 29.4 Å². The summed E-state index contributed by atoms with van der Waals surface area (Å²) in [5.74, 6) is -1.49. The number of imide groups is 1. The lowest BCUT2D eigenvalue weighted by Crippen LogP contribution is -2.36. The van der Waals surface area contributed by atoms with Crippen molar-refractivity contribution < 1.29 is 23.6 Å². The van der Waals surface area contributed by atoms with Gasteiger partial charge in [0.05, 0.1) is 10.4 Å². The Balaban J connectivity index is 1.38. The molecule has 2 fully saturated rings. The third-order valence-electron chi connectivity index (χ3n) is 7.25. The fourth-order valence-corrected chi connectivity index (χ4v) is 6.04. The van der Waals surface area contributed by atoms with Crippen LogP contribution in [0.4, 0.5) is 14.9 Å². The highest BCUT2D eigenvalue weighted by molar-refractivity contribution is 8.18. The summed E-state index contributed by atoms with van der Waals surface area (Å²) >= 11 is 0.778. The average molecular weight is 563 g/mol. The maximum atomic E-state index is 13.2. The first-order valence-corrected chi connectivity index (χ1v) is 14.3. The fourth-order valence-electron chi connectivity index (χ4n) is 5.21. The Bertz CT molecular complexity index is 1490. The first kappa shape index (κ1) is 27.6. The zero-order valence-electron chi connectivity index (χ0n) is 22.3. The summed E-state index contributed by atoms with van der Waals surface area (Å²) in [6.45, 7) is 3.35. The maximum Gasteiger partial charge on any atom is 0.294 e. The summed E-state index contributed by atoms with van der Waals surface area (Å²) in [5, 5.41) is 2.92. The van der Waals surface area contributed by atoms with Crippen LogP contribution in [0, 0.1) is 5.82 Å². The van der Waals surface area contributed by atoms with E-state index in [1.54, 1.807) is 6.08 Å². The van der Waals surface area contributed by atoms with E-state index in [1.807, 2.05) is 33.9 Å². The molecule has 8 nitrogen and oxygen atoms in total. The zero-order chi connectivity index (χ0) is 28.2. The smallest absolute Gasteiger partial charge is 0.294 e. The van der Waals surface area contributed by atoms with Crippen LogP contribution in [0.3, 0.4) is 0 Å². The van der Waals surface area contributed by atoms with Gasteiger partial charge in [0.25, 0.3) is 11.1 Å². The molecule has 40 heavy (non-hydrogen) atoms. The number of likely N-dealkylation sites (tertiary alicyclic amines) is 1. The molecule has 2 aliphatic heterocycles. The van der Waals surface area contributed by atoms with Crippen LogP contribution >= 0.6 is 11.8 Å². The number of para-hydroxylation sites is 1. The molecule has 0 saturated carbocycles.